The fourth-order valence-electron chi connectivity index (χ4n) is 9.05. The lowest BCUT2D eigenvalue weighted by Gasteiger charge is -2.32. The average Bonchev–Trinajstić information content (AvgIpc) is 3.37. The number of hydrogen-bond donors (Lipinski definition) is 1. The van der Waals surface area contributed by atoms with E-state index in [1.165, 1.54) is 32.1 Å². The van der Waals surface area contributed by atoms with Crippen LogP contribution < -0.4 is 9.47 Å². The number of ether oxygens (including phenoxy) is 5. The number of carbonyl (C=O) groups is 6. The summed E-state index contributed by atoms with van der Waals surface area (Å²) in [5.41, 5.74) is 1.61. The molecule has 14 nitrogen and oxygen atoms in total. The van der Waals surface area contributed by atoms with Crippen molar-refractivity contribution in [2.75, 3.05) is 70.6 Å². The van der Waals surface area contributed by atoms with E-state index in [1.54, 1.807) is 48.5 Å². The Labute approximate surface area is 443 Å². The van der Waals surface area contributed by atoms with Crippen LogP contribution in [0.5, 0.6) is 11.5 Å². The molecular formula is C57H86N2O12S2. The zero-order valence-electron chi connectivity index (χ0n) is 43.9. The summed E-state index contributed by atoms with van der Waals surface area (Å²) in [5, 5.41) is 8.70. The average molecular weight is 1060 g/mol. The zero-order chi connectivity index (χ0) is 52.1. The van der Waals surface area contributed by atoms with E-state index in [0.717, 1.165) is 133 Å². The number of carboxylic acid groups (broad SMARTS) is 1. The Morgan fingerprint density at radius 3 is 1.34 bits per heavy atom. The molecule has 0 aromatic heterocycles. The fraction of sp³-hybridized carbons (Fsp3) is 0.684. The summed E-state index contributed by atoms with van der Waals surface area (Å²) in [6, 6.07) is 13.9. The maximum absolute atomic E-state index is 12.6. The zero-order valence-corrected chi connectivity index (χ0v) is 45.5. The van der Waals surface area contributed by atoms with Crippen molar-refractivity contribution in [3.63, 3.8) is 0 Å². The van der Waals surface area contributed by atoms with Crippen LogP contribution in [0.3, 0.4) is 0 Å². The van der Waals surface area contributed by atoms with Crippen molar-refractivity contribution in [2.45, 2.75) is 167 Å². The lowest BCUT2D eigenvalue weighted by molar-refractivity contribution is -0.145. The van der Waals surface area contributed by atoms with Gasteiger partial charge in [-0.1, -0.05) is 111 Å². The Hall–Kier alpha value is -4.12. The Morgan fingerprint density at radius 1 is 0.479 bits per heavy atom. The minimum absolute atomic E-state index is 0.129. The van der Waals surface area contributed by atoms with Gasteiger partial charge in [-0.3, -0.25) is 28.8 Å². The van der Waals surface area contributed by atoms with Crippen molar-refractivity contribution in [3.8, 4) is 11.5 Å². The van der Waals surface area contributed by atoms with Gasteiger partial charge in [0.1, 0.15) is 11.5 Å². The molecule has 2 aliphatic heterocycles. The smallest absolute Gasteiger partial charge is 0.311 e. The van der Waals surface area contributed by atoms with E-state index in [9.17, 15) is 28.8 Å². The van der Waals surface area contributed by atoms with Gasteiger partial charge in [0, 0.05) is 50.3 Å². The van der Waals surface area contributed by atoms with E-state index in [-0.39, 0.29) is 56.0 Å². The first kappa shape index (κ1) is 61.4. The first-order valence-electron chi connectivity index (χ1n) is 27.5. The third kappa shape index (κ3) is 30.1. The summed E-state index contributed by atoms with van der Waals surface area (Å²) in [5.74, 6) is 1.95. The number of esters is 5. The molecule has 0 saturated carbocycles. The molecule has 0 unspecified atom stereocenters. The first-order valence-corrected chi connectivity index (χ1v) is 30.0. The number of nitrogens with zero attached hydrogens (tertiary/aromatic N) is 2. The van der Waals surface area contributed by atoms with Gasteiger partial charge in [0.25, 0.3) is 0 Å². The van der Waals surface area contributed by atoms with Crippen LogP contribution in [0.15, 0.2) is 48.5 Å². The van der Waals surface area contributed by atoms with E-state index in [0.29, 0.717) is 68.8 Å². The summed E-state index contributed by atoms with van der Waals surface area (Å²) in [7, 11) is 3.93. The van der Waals surface area contributed by atoms with Crippen molar-refractivity contribution in [1.82, 2.24) is 9.80 Å². The van der Waals surface area contributed by atoms with Gasteiger partial charge in [0.05, 0.1) is 32.7 Å². The Balaban J connectivity index is 0.909. The molecule has 2 fully saturated rings. The van der Waals surface area contributed by atoms with Gasteiger partial charge in [0.15, 0.2) is 0 Å². The number of likely N-dealkylation sites (tertiary alicyclic amines) is 2. The van der Waals surface area contributed by atoms with Crippen molar-refractivity contribution in [2.24, 2.45) is 11.8 Å². The molecule has 1 N–H and O–H groups in total. The topological polar surface area (TPSA) is 175 Å². The number of carbonyl (C=O) groups excluding carboxylic acids is 5. The number of unbranched alkanes of at least 4 members (excludes halogenated alkanes) is 10. The molecular weight excluding hydrogens is 969 g/mol. The molecule has 0 atom stereocenters. The monoisotopic (exact) mass is 1050 g/mol. The van der Waals surface area contributed by atoms with Crippen molar-refractivity contribution >= 4 is 57.4 Å². The van der Waals surface area contributed by atoms with Crippen LogP contribution in [-0.4, -0.2) is 121 Å². The van der Waals surface area contributed by atoms with Crippen LogP contribution in [0.1, 0.15) is 166 Å². The second-order valence-corrected chi connectivity index (χ2v) is 22.4. The third-order valence-corrected chi connectivity index (χ3v) is 16.0. The normalized spacial score (nSPS) is 14.6. The molecule has 73 heavy (non-hydrogen) atoms. The van der Waals surface area contributed by atoms with Crippen molar-refractivity contribution in [3.05, 3.63) is 59.7 Å². The molecule has 2 saturated heterocycles. The fourth-order valence-corrected chi connectivity index (χ4v) is 11.1. The summed E-state index contributed by atoms with van der Waals surface area (Å²) < 4.78 is 27.3. The van der Waals surface area contributed by atoms with Gasteiger partial charge in [-0.2, -0.15) is 0 Å². The van der Waals surface area contributed by atoms with Gasteiger partial charge in [-0.05, 0) is 138 Å². The van der Waals surface area contributed by atoms with Crippen LogP contribution in [-0.2, 0) is 55.8 Å². The van der Waals surface area contributed by atoms with Crippen LogP contribution in [0.25, 0.3) is 0 Å². The maximum atomic E-state index is 12.6. The van der Waals surface area contributed by atoms with E-state index in [2.05, 4.69) is 16.7 Å². The number of benzene rings is 2. The predicted octanol–water partition coefficient (Wildman–Crippen LogP) is 11.2. The summed E-state index contributed by atoms with van der Waals surface area (Å²) in [6.07, 6.45) is 19.9. The van der Waals surface area contributed by atoms with Crippen molar-refractivity contribution in [1.29, 1.82) is 0 Å². The highest BCUT2D eigenvalue weighted by Crippen LogP contribution is 2.26. The molecule has 0 amide bonds. The third-order valence-electron chi connectivity index (χ3n) is 13.6. The highest BCUT2D eigenvalue weighted by atomic mass is 33.1. The maximum Gasteiger partial charge on any atom is 0.311 e. The van der Waals surface area contributed by atoms with Gasteiger partial charge in [0.2, 0.25) is 0 Å². The molecule has 0 spiro atoms. The summed E-state index contributed by atoms with van der Waals surface area (Å²) in [6.45, 7) is 10.0. The molecule has 16 heteroatoms. The van der Waals surface area contributed by atoms with E-state index >= 15 is 0 Å². The van der Waals surface area contributed by atoms with E-state index in [1.807, 2.05) is 21.6 Å². The van der Waals surface area contributed by atoms with E-state index in [4.69, 9.17) is 28.8 Å². The standard InChI is InChI=1S/C57H86N2O12S2/c1-2-3-4-5-6-10-13-39-67-53(62)17-14-18-55(64)71-51-25-21-49(22-26-51)45-57(66)69-41-32-47-29-35-59(36-30-47)38-43-73-72-42-37-58-33-27-46(28-34-58)31-40-68-56(65)44-48-19-23-50(24-20-48)70-54(63)16-12-9-7-8-11-15-52(60)61/h19-26,46-47H,2-18,27-45H2,1H3,(H,60,61). The van der Waals surface area contributed by atoms with Gasteiger partial charge < -0.3 is 38.6 Å². The summed E-state index contributed by atoms with van der Waals surface area (Å²) in [4.78, 5) is 77.2. The molecule has 0 bridgehead atoms. The quantitative estimate of drug-likeness (QED) is 0.0220. The lowest BCUT2D eigenvalue weighted by atomic mass is 9.94. The Morgan fingerprint density at radius 2 is 0.877 bits per heavy atom. The minimum Gasteiger partial charge on any atom is -0.481 e. The lowest BCUT2D eigenvalue weighted by Crippen LogP contribution is -2.36. The van der Waals surface area contributed by atoms with Gasteiger partial charge in [-0.15, -0.1) is 0 Å². The van der Waals surface area contributed by atoms with Gasteiger partial charge >= 0.3 is 35.8 Å². The highest BCUT2D eigenvalue weighted by Gasteiger charge is 2.21. The van der Waals surface area contributed by atoms with E-state index < -0.39 is 11.9 Å². The largest absolute Gasteiger partial charge is 0.481 e. The van der Waals surface area contributed by atoms with Crippen LogP contribution in [0, 0.1) is 11.8 Å². The number of rotatable bonds is 39. The second-order valence-electron chi connectivity index (χ2n) is 19.7. The number of aliphatic carboxylic acids is 1. The SMILES string of the molecule is CCCCCCCCCOC(=O)CCCC(=O)Oc1ccc(CC(=O)OCCC2CCN(CCSSCCN3CCC(CCOC(=O)Cc4ccc(OC(=O)CCCCCCCC(=O)O)cc4)CC3)CC2)cc1. The summed E-state index contributed by atoms with van der Waals surface area (Å²) >= 11 is 0. The van der Waals surface area contributed by atoms with Crippen LogP contribution in [0.4, 0.5) is 0 Å². The molecule has 2 heterocycles. The Kier molecular flexibility index (Phi) is 32.3. The Bertz CT molecular complexity index is 1870. The highest BCUT2D eigenvalue weighted by molar-refractivity contribution is 8.76. The van der Waals surface area contributed by atoms with Crippen LogP contribution in [0.2, 0.25) is 0 Å². The second kappa shape index (κ2) is 38.4. The molecule has 2 aromatic rings. The van der Waals surface area contributed by atoms with Gasteiger partial charge in [-0.25, -0.2) is 0 Å². The first-order chi connectivity index (χ1) is 35.5. The molecule has 2 aliphatic rings. The molecule has 4 rings (SSSR count). The molecule has 408 valence electrons. The molecule has 2 aromatic carbocycles. The molecule has 0 radical (unpaired) electrons. The minimum atomic E-state index is -0.774. The van der Waals surface area contributed by atoms with Crippen LogP contribution >= 0.6 is 21.6 Å². The number of piperidine rings is 2. The predicted molar refractivity (Wildman–Crippen MR) is 289 cm³/mol. The number of hydrogen-bond acceptors (Lipinski definition) is 15. The van der Waals surface area contributed by atoms with Crippen molar-refractivity contribution < 1.29 is 57.6 Å². The molecule has 0 aliphatic carbocycles. The number of carboxylic acids is 1.